The minimum absolute atomic E-state index is 0.0906. The van der Waals surface area contributed by atoms with E-state index in [1.807, 2.05) is 31.2 Å². The molecule has 0 radical (unpaired) electrons. The Balaban J connectivity index is 1.34. The molecule has 1 fully saturated rings. The van der Waals surface area contributed by atoms with Crippen molar-refractivity contribution in [1.82, 2.24) is 10.2 Å². The van der Waals surface area contributed by atoms with E-state index in [4.69, 9.17) is 9.47 Å². The number of ketones is 1. The SMILES string of the molecule is COc1cc(C2C(=C(O)c3ccc(OCc4cccc(C)c4)cc3)C(=O)C(=O)N2c2nnc(SCc3ccc(F)cc3)s2)cc(Br)c1O. The number of rotatable bonds is 10. The predicted molar refractivity (Wildman–Crippen MR) is 185 cm³/mol. The van der Waals surface area contributed by atoms with Crippen LogP contribution in [0.3, 0.4) is 0 Å². The summed E-state index contributed by atoms with van der Waals surface area (Å²) in [6.45, 7) is 2.35. The average Bonchev–Trinajstić information content (AvgIpc) is 3.66. The number of hydrogen-bond acceptors (Lipinski definition) is 10. The number of ether oxygens (including phenoxy) is 2. The van der Waals surface area contributed by atoms with Crippen LogP contribution in [-0.2, 0) is 21.9 Å². The Hall–Kier alpha value is -4.72. The summed E-state index contributed by atoms with van der Waals surface area (Å²) in [5, 5.41) is 30.7. The van der Waals surface area contributed by atoms with E-state index in [2.05, 4.69) is 26.1 Å². The van der Waals surface area contributed by atoms with Crippen LogP contribution in [0.5, 0.6) is 17.2 Å². The van der Waals surface area contributed by atoms with Crippen LogP contribution in [0.4, 0.5) is 9.52 Å². The molecular weight excluding hydrogens is 721 g/mol. The van der Waals surface area contributed by atoms with Crippen LogP contribution < -0.4 is 14.4 Å². The number of thioether (sulfide) groups is 1. The van der Waals surface area contributed by atoms with Gasteiger partial charge >= 0.3 is 5.91 Å². The van der Waals surface area contributed by atoms with Crippen molar-refractivity contribution in [2.45, 2.75) is 29.7 Å². The van der Waals surface area contributed by atoms with Gasteiger partial charge in [0.25, 0.3) is 5.78 Å². The topological polar surface area (TPSA) is 122 Å². The number of aromatic hydroxyl groups is 1. The fraction of sp³-hybridized carbons (Fsp3) is 0.143. The van der Waals surface area contributed by atoms with Gasteiger partial charge in [0.05, 0.1) is 23.2 Å². The van der Waals surface area contributed by atoms with Crippen LogP contribution in [0.2, 0.25) is 0 Å². The number of amides is 1. The number of carbonyl (C=O) groups excluding carboxylic acids is 2. The maximum atomic E-state index is 13.7. The number of Topliss-reactive ketones (excluding diaryl/α,β-unsaturated/α-hetero) is 1. The molecule has 1 aliphatic rings. The van der Waals surface area contributed by atoms with E-state index in [0.717, 1.165) is 28.0 Å². The number of aryl methyl sites for hydroxylation is 1. The van der Waals surface area contributed by atoms with Gasteiger partial charge in [-0.3, -0.25) is 14.5 Å². The lowest BCUT2D eigenvalue weighted by Gasteiger charge is -2.23. The summed E-state index contributed by atoms with van der Waals surface area (Å²) in [6, 6.07) is 22.5. The molecule has 2 N–H and O–H groups in total. The van der Waals surface area contributed by atoms with Gasteiger partial charge in [0.1, 0.15) is 23.9 Å². The Morgan fingerprint density at radius 3 is 2.48 bits per heavy atom. The van der Waals surface area contributed by atoms with Crippen LogP contribution in [0.15, 0.2) is 99.3 Å². The number of aliphatic hydroxyl groups is 1. The molecule has 13 heteroatoms. The largest absolute Gasteiger partial charge is 0.507 e. The summed E-state index contributed by atoms with van der Waals surface area (Å²) < 4.78 is 25.4. The molecule has 1 unspecified atom stereocenters. The number of phenols is 1. The standard InChI is InChI=1S/C35H27BrFN3O6S2/c1-19-4-3-5-21(14-19)17-46-25-12-8-22(9-13-25)30(41)28-29(23-15-26(36)31(42)27(16-23)45-2)40(33(44)32(28)43)34-38-39-35(48-34)47-18-20-6-10-24(37)11-7-20/h3-16,29,41-42H,17-18H2,1-2H3. The zero-order valence-corrected chi connectivity index (χ0v) is 28.7. The summed E-state index contributed by atoms with van der Waals surface area (Å²) in [5.41, 5.74) is 3.47. The Labute approximate surface area is 291 Å². The second-order valence-corrected chi connectivity index (χ2v) is 13.8. The maximum absolute atomic E-state index is 13.7. The first kappa shape index (κ1) is 33.2. The molecule has 244 valence electrons. The molecule has 2 heterocycles. The van der Waals surface area contributed by atoms with Crippen molar-refractivity contribution in [1.29, 1.82) is 0 Å². The number of benzene rings is 4. The normalized spacial score (nSPS) is 15.6. The van der Waals surface area contributed by atoms with Gasteiger partial charge in [0, 0.05) is 11.3 Å². The number of methoxy groups -OCH3 is 1. The van der Waals surface area contributed by atoms with E-state index >= 15 is 0 Å². The van der Waals surface area contributed by atoms with E-state index < -0.39 is 23.5 Å². The van der Waals surface area contributed by atoms with Gasteiger partial charge < -0.3 is 19.7 Å². The molecule has 5 aromatic rings. The third-order valence-electron chi connectivity index (χ3n) is 7.52. The lowest BCUT2D eigenvalue weighted by atomic mass is 9.95. The Bertz CT molecular complexity index is 2040. The molecule has 1 aliphatic heterocycles. The van der Waals surface area contributed by atoms with E-state index in [9.17, 15) is 24.2 Å². The first-order valence-electron chi connectivity index (χ1n) is 14.5. The quantitative estimate of drug-likeness (QED) is 0.0482. The van der Waals surface area contributed by atoms with Crippen molar-refractivity contribution in [3.63, 3.8) is 0 Å². The van der Waals surface area contributed by atoms with Gasteiger partial charge in [-0.15, -0.1) is 10.2 Å². The molecule has 9 nitrogen and oxygen atoms in total. The lowest BCUT2D eigenvalue weighted by Crippen LogP contribution is -2.29. The Kier molecular flexibility index (Phi) is 9.81. The number of phenolic OH excluding ortho intramolecular Hbond substituents is 1. The summed E-state index contributed by atoms with van der Waals surface area (Å²) in [6.07, 6.45) is 0. The third-order valence-corrected chi connectivity index (χ3v) is 10.3. The van der Waals surface area contributed by atoms with Crippen LogP contribution in [0.1, 0.15) is 33.9 Å². The van der Waals surface area contributed by atoms with Crippen molar-refractivity contribution in [2.24, 2.45) is 0 Å². The number of halogens is 2. The van der Waals surface area contributed by atoms with E-state index in [-0.39, 0.29) is 32.5 Å². The van der Waals surface area contributed by atoms with Crippen molar-refractivity contribution >= 4 is 61.6 Å². The van der Waals surface area contributed by atoms with E-state index in [0.29, 0.717) is 33.6 Å². The molecular formula is C35H27BrFN3O6S2. The van der Waals surface area contributed by atoms with Gasteiger partial charge in [-0.25, -0.2) is 4.39 Å². The molecule has 1 amide bonds. The molecule has 0 spiro atoms. The van der Waals surface area contributed by atoms with E-state index in [1.54, 1.807) is 42.5 Å². The lowest BCUT2D eigenvalue weighted by molar-refractivity contribution is -0.132. The van der Waals surface area contributed by atoms with Gasteiger partial charge in [-0.05, 0) is 88.1 Å². The predicted octanol–water partition coefficient (Wildman–Crippen LogP) is 7.96. The highest BCUT2D eigenvalue weighted by molar-refractivity contribution is 9.10. The average molecular weight is 749 g/mol. The minimum atomic E-state index is -1.14. The minimum Gasteiger partial charge on any atom is -0.507 e. The Morgan fingerprint density at radius 1 is 1.02 bits per heavy atom. The second-order valence-electron chi connectivity index (χ2n) is 10.8. The third kappa shape index (κ3) is 6.93. The molecule has 48 heavy (non-hydrogen) atoms. The molecule has 1 saturated heterocycles. The highest BCUT2D eigenvalue weighted by atomic mass is 79.9. The molecule has 0 saturated carbocycles. The number of anilines is 1. The smallest absolute Gasteiger partial charge is 0.301 e. The van der Waals surface area contributed by atoms with Gasteiger partial charge in [0.2, 0.25) is 5.13 Å². The van der Waals surface area contributed by atoms with Crippen LogP contribution in [0, 0.1) is 12.7 Å². The van der Waals surface area contributed by atoms with E-state index in [1.165, 1.54) is 42.0 Å². The fourth-order valence-corrected chi connectivity index (χ4v) is 7.45. The summed E-state index contributed by atoms with van der Waals surface area (Å²) >= 11 is 5.76. The first-order valence-corrected chi connectivity index (χ1v) is 17.1. The number of carbonyl (C=O) groups is 2. The van der Waals surface area contributed by atoms with Gasteiger partial charge in [-0.1, -0.05) is 65.1 Å². The summed E-state index contributed by atoms with van der Waals surface area (Å²) in [5.74, 6) is -1.61. The molecule has 0 aliphatic carbocycles. The highest BCUT2D eigenvalue weighted by Gasteiger charge is 2.48. The molecule has 1 atom stereocenters. The Morgan fingerprint density at radius 2 is 1.77 bits per heavy atom. The van der Waals surface area contributed by atoms with Crippen molar-refractivity contribution < 1.29 is 33.7 Å². The molecule has 4 aromatic carbocycles. The number of hydrogen-bond donors (Lipinski definition) is 2. The fourth-order valence-electron chi connectivity index (χ4n) is 5.17. The van der Waals surface area contributed by atoms with Crippen LogP contribution in [-0.4, -0.2) is 39.2 Å². The van der Waals surface area contributed by atoms with Gasteiger partial charge in [-0.2, -0.15) is 0 Å². The van der Waals surface area contributed by atoms with Crippen molar-refractivity contribution in [2.75, 3.05) is 12.0 Å². The highest BCUT2D eigenvalue weighted by Crippen LogP contribution is 2.47. The number of aliphatic hydroxyl groups excluding tert-OH is 1. The second kappa shape index (κ2) is 14.2. The summed E-state index contributed by atoms with van der Waals surface area (Å²) in [4.78, 5) is 28.5. The van der Waals surface area contributed by atoms with Crippen LogP contribution in [0.25, 0.3) is 5.76 Å². The number of aromatic nitrogens is 2. The molecule has 1 aromatic heterocycles. The van der Waals surface area contributed by atoms with Gasteiger partial charge in [0.15, 0.2) is 15.8 Å². The molecule has 0 bridgehead atoms. The molecule has 6 rings (SSSR count). The maximum Gasteiger partial charge on any atom is 0.301 e. The zero-order valence-electron chi connectivity index (χ0n) is 25.5. The zero-order chi connectivity index (χ0) is 33.9. The summed E-state index contributed by atoms with van der Waals surface area (Å²) in [7, 11) is 1.38. The monoisotopic (exact) mass is 747 g/mol. The number of nitrogens with zero attached hydrogens (tertiary/aromatic N) is 3. The van der Waals surface area contributed by atoms with Crippen LogP contribution >= 0.6 is 39.0 Å². The first-order chi connectivity index (χ1) is 23.1. The van der Waals surface area contributed by atoms with Crippen molar-refractivity contribution in [3.8, 4) is 17.2 Å². The van der Waals surface area contributed by atoms with Crippen molar-refractivity contribution in [3.05, 3.63) is 129 Å².